The Morgan fingerprint density at radius 1 is 0.931 bits per heavy atom. The van der Waals surface area contributed by atoms with Crippen LogP contribution in [0.5, 0.6) is 0 Å². The first-order chi connectivity index (χ1) is 14.1. The molecule has 1 heterocycles. The summed E-state index contributed by atoms with van der Waals surface area (Å²) in [7, 11) is 1.67. The summed E-state index contributed by atoms with van der Waals surface area (Å²) in [5.41, 5.74) is 4.33. The third kappa shape index (κ3) is 4.47. The molecule has 0 aliphatic rings. The van der Waals surface area contributed by atoms with Crippen molar-refractivity contribution in [2.24, 2.45) is 7.05 Å². The van der Waals surface area contributed by atoms with E-state index in [0.29, 0.717) is 12.1 Å². The van der Waals surface area contributed by atoms with Gasteiger partial charge in [-0.05, 0) is 28.8 Å². The molecule has 4 rings (SSSR count). The molecule has 0 aliphatic heterocycles. The highest BCUT2D eigenvalue weighted by molar-refractivity contribution is 5.73. The first-order valence-corrected chi connectivity index (χ1v) is 9.68. The Kier molecular flexibility index (Phi) is 5.60. The van der Waals surface area contributed by atoms with Crippen molar-refractivity contribution in [2.75, 3.05) is 6.54 Å². The first-order valence-electron chi connectivity index (χ1n) is 9.68. The first kappa shape index (κ1) is 19.2. The lowest BCUT2D eigenvalue weighted by Crippen LogP contribution is -2.28. The van der Waals surface area contributed by atoms with Crippen LogP contribution in [0.2, 0.25) is 0 Å². The van der Waals surface area contributed by atoms with Gasteiger partial charge in [-0.2, -0.15) is 0 Å². The Balaban J connectivity index is 1.56. The van der Waals surface area contributed by atoms with E-state index in [9.17, 15) is 9.90 Å². The van der Waals surface area contributed by atoms with Gasteiger partial charge in [0.05, 0.1) is 11.6 Å². The van der Waals surface area contributed by atoms with Crippen LogP contribution in [0.25, 0.3) is 11.1 Å². The molecule has 0 aliphatic carbocycles. The number of aromatic nitrogens is 1. The molecule has 0 saturated heterocycles. The minimum absolute atomic E-state index is 0.401. The number of benzene rings is 3. The summed E-state index contributed by atoms with van der Waals surface area (Å²) in [5, 5.41) is 10.9. The second-order valence-electron chi connectivity index (χ2n) is 7.31. The van der Waals surface area contributed by atoms with Gasteiger partial charge < -0.3 is 9.52 Å². The second-order valence-corrected chi connectivity index (χ2v) is 7.31. The van der Waals surface area contributed by atoms with Gasteiger partial charge in [0.15, 0.2) is 5.58 Å². The Bertz CT molecular complexity index is 1090. The molecule has 0 fully saturated rings. The Hall–Kier alpha value is -3.15. The molecule has 0 bridgehead atoms. The van der Waals surface area contributed by atoms with Gasteiger partial charge in [-0.15, -0.1) is 0 Å². The molecule has 0 amide bonds. The van der Waals surface area contributed by atoms with Crippen LogP contribution < -0.4 is 5.76 Å². The third-order valence-corrected chi connectivity index (χ3v) is 5.13. The lowest BCUT2D eigenvalue weighted by molar-refractivity contribution is 0.105. The van der Waals surface area contributed by atoms with E-state index in [4.69, 9.17) is 4.42 Å². The third-order valence-electron chi connectivity index (χ3n) is 5.13. The van der Waals surface area contributed by atoms with E-state index in [1.54, 1.807) is 13.1 Å². The van der Waals surface area contributed by atoms with Gasteiger partial charge in [0, 0.05) is 26.7 Å². The van der Waals surface area contributed by atoms with Crippen LogP contribution in [-0.4, -0.2) is 21.1 Å². The number of hydrogen-bond donors (Lipinski definition) is 1. The van der Waals surface area contributed by atoms with E-state index in [0.717, 1.165) is 24.2 Å². The summed E-state index contributed by atoms with van der Waals surface area (Å²) in [6, 6.07) is 25.9. The fourth-order valence-corrected chi connectivity index (χ4v) is 3.58. The summed E-state index contributed by atoms with van der Waals surface area (Å²) < 4.78 is 6.73. The van der Waals surface area contributed by atoms with Gasteiger partial charge in [-0.3, -0.25) is 9.47 Å². The van der Waals surface area contributed by atoms with Gasteiger partial charge in [0.25, 0.3) is 0 Å². The summed E-state index contributed by atoms with van der Waals surface area (Å²) in [4.78, 5) is 14.0. The van der Waals surface area contributed by atoms with E-state index in [1.807, 2.05) is 48.5 Å². The molecule has 1 atom stereocenters. The van der Waals surface area contributed by atoms with Crippen LogP contribution in [0.1, 0.15) is 22.8 Å². The standard InChI is InChI=1S/C24H24N2O3/c1-25-21-13-12-20(14-23(21)29-24(25)28)22(27)17-26(15-18-8-4-2-5-9-18)16-19-10-6-3-7-11-19/h2-14,22,27H,15-17H2,1H3. The molecule has 148 valence electrons. The maximum absolute atomic E-state index is 11.7. The molecule has 0 radical (unpaired) electrons. The summed E-state index contributed by atoms with van der Waals surface area (Å²) >= 11 is 0. The van der Waals surface area contributed by atoms with Gasteiger partial charge >= 0.3 is 5.76 Å². The average Bonchev–Trinajstić information content (AvgIpc) is 3.02. The number of nitrogens with zero attached hydrogens (tertiary/aromatic N) is 2. The number of fused-ring (bicyclic) bond motifs is 1. The molecule has 5 nitrogen and oxygen atoms in total. The van der Waals surface area contributed by atoms with Crippen molar-refractivity contribution in [3.05, 3.63) is 106 Å². The zero-order chi connectivity index (χ0) is 20.2. The molecule has 29 heavy (non-hydrogen) atoms. The summed E-state index contributed by atoms with van der Waals surface area (Å²) in [6.45, 7) is 1.93. The maximum atomic E-state index is 11.7. The van der Waals surface area contributed by atoms with Crippen LogP contribution in [-0.2, 0) is 20.1 Å². The molecular weight excluding hydrogens is 364 g/mol. The van der Waals surface area contributed by atoms with Crippen LogP contribution in [0.3, 0.4) is 0 Å². The highest BCUT2D eigenvalue weighted by Crippen LogP contribution is 2.22. The zero-order valence-electron chi connectivity index (χ0n) is 16.4. The van der Waals surface area contributed by atoms with Gasteiger partial charge in [0.1, 0.15) is 0 Å². The predicted molar refractivity (Wildman–Crippen MR) is 113 cm³/mol. The van der Waals surface area contributed by atoms with Crippen molar-refractivity contribution in [2.45, 2.75) is 19.2 Å². The average molecular weight is 388 g/mol. The molecule has 3 aromatic carbocycles. The predicted octanol–water partition coefficient (Wildman–Crippen LogP) is 3.87. The van der Waals surface area contributed by atoms with Crippen LogP contribution in [0.4, 0.5) is 0 Å². The topological polar surface area (TPSA) is 58.6 Å². The smallest absolute Gasteiger partial charge is 0.408 e. The molecule has 1 aromatic heterocycles. The number of hydrogen-bond acceptors (Lipinski definition) is 4. The van der Waals surface area contributed by atoms with Gasteiger partial charge in [0.2, 0.25) is 0 Å². The van der Waals surface area contributed by atoms with E-state index >= 15 is 0 Å². The lowest BCUT2D eigenvalue weighted by atomic mass is 10.1. The second kappa shape index (κ2) is 8.47. The van der Waals surface area contributed by atoms with Crippen molar-refractivity contribution in [1.82, 2.24) is 9.47 Å². The van der Waals surface area contributed by atoms with Crippen LogP contribution >= 0.6 is 0 Å². The van der Waals surface area contributed by atoms with Crippen LogP contribution in [0, 0.1) is 0 Å². The van der Waals surface area contributed by atoms with Crippen molar-refractivity contribution in [1.29, 1.82) is 0 Å². The highest BCUT2D eigenvalue weighted by atomic mass is 16.4. The van der Waals surface area contributed by atoms with E-state index in [1.165, 1.54) is 15.7 Å². The van der Waals surface area contributed by atoms with Crippen molar-refractivity contribution < 1.29 is 9.52 Å². The van der Waals surface area contributed by atoms with E-state index < -0.39 is 11.9 Å². The fourth-order valence-electron chi connectivity index (χ4n) is 3.58. The number of rotatable bonds is 7. The number of aryl methyl sites for hydroxylation is 1. The fraction of sp³-hybridized carbons (Fsp3) is 0.208. The SMILES string of the molecule is Cn1c(=O)oc2cc(C(O)CN(Cc3ccccc3)Cc3ccccc3)ccc21. The zero-order valence-corrected chi connectivity index (χ0v) is 16.4. The molecule has 4 aromatic rings. The van der Waals surface area contributed by atoms with Gasteiger partial charge in [-0.1, -0.05) is 66.7 Å². The maximum Gasteiger partial charge on any atom is 0.419 e. The minimum atomic E-state index is -0.697. The molecule has 0 saturated carbocycles. The van der Waals surface area contributed by atoms with E-state index in [2.05, 4.69) is 29.2 Å². The largest absolute Gasteiger partial charge is 0.419 e. The Morgan fingerprint density at radius 2 is 1.52 bits per heavy atom. The summed E-state index contributed by atoms with van der Waals surface area (Å²) in [5.74, 6) is -0.401. The molecule has 1 unspecified atom stereocenters. The number of aliphatic hydroxyl groups excluding tert-OH is 1. The Morgan fingerprint density at radius 3 is 2.10 bits per heavy atom. The van der Waals surface area contributed by atoms with Crippen molar-refractivity contribution in [3.63, 3.8) is 0 Å². The summed E-state index contributed by atoms with van der Waals surface area (Å²) in [6.07, 6.45) is -0.697. The van der Waals surface area contributed by atoms with Gasteiger partial charge in [-0.25, -0.2) is 4.79 Å². The minimum Gasteiger partial charge on any atom is -0.408 e. The van der Waals surface area contributed by atoms with Crippen LogP contribution in [0.15, 0.2) is 88.1 Å². The highest BCUT2D eigenvalue weighted by Gasteiger charge is 2.17. The molecular formula is C24H24N2O3. The normalized spacial score (nSPS) is 12.5. The van der Waals surface area contributed by atoms with E-state index in [-0.39, 0.29) is 0 Å². The lowest BCUT2D eigenvalue weighted by Gasteiger charge is -2.25. The molecule has 5 heteroatoms. The van der Waals surface area contributed by atoms with Crippen molar-refractivity contribution in [3.8, 4) is 0 Å². The number of oxazole rings is 1. The quantitative estimate of drug-likeness (QED) is 0.522. The molecule has 0 spiro atoms. The monoisotopic (exact) mass is 388 g/mol. The molecule has 1 N–H and O–H groups in total. The Labute approximate surface area is 169 Å². The number of aliphatic hydroxyl groups is 1. The van der Waals surface area contributed by atoms with Crippen molar-refractivity contribution >= 4 is 11.1 Å².